The van der Waals surface area contributed by atoms with E-state index in [4.69, 9.17) is 15.2 Å². The molecule has 0 heterocycles. The fraction of sp³-hybridized carbons (Fsp3) is 0.500. The van der Waals surface area contributed by atoms with Gasteiger partial charge >= 0.3 is 0 Å². The first-order valence-electron chi connectivity index (χ1n) is 5.15. The van der Waals surface area contributed by atoms with E-state index in [-0.39, 0.29) is 11.6 Å². The maximum Gasteiger partial charge on any atom is 0.165 e. The predicted molar refractivity (Wildman–Crippen MR) is 60.9 cm³/mol. The van der Waals surface area contributed by atoms with Gasteiger partial charge in [0, 0.05) is 6.54 Å². The summed E-state index contributed by atoms with van der Waals surface area (Å²) in [6.45, 7) is 4.55. The summed E-state index contributed by atoms with van der Waals surface area (Å²) < 4.78 is 23.7. The van der Waals surface area contributed by atoms with Crippen molar-refractivity contribution in [2.75, 3.05) is 13.7 Å². The molecule has 1 aromatic carbocycles. The smallest absolute Gasteiger partial charge is 0.165 e. The third-order valence-electron chi connectivity index (χ3n) is 2.34. The molecule has 90 valence electrons. The van der Waals surface area contributed by atoms with Crippen LogP contribution in [0.5, 0.6) is 5.75 Å². The van der Waals surface area contributed by atoms with E-state index in [1.807, 2.05) is 13.8 Å². The fourth-order valence-electron chi connectivity index (χ4n) is 1.14. The van der Waals surface area contributed by atoms with Gasteiger partial charge in [0.2, 0.25) is 0 Å². The average molecular weight is 227 g/mol. The van der Waals surface area contributed by atoms with Gasteiger partial charge in [0.15, 0.2) is 11.6 Å². The number of ether oxygens (including phenoxy) is 2. The Morgan fingerprint density at radius 3 is 2.56 bits per heavy atom. The van der Waals surface area contributed by atoms with Gasteiger partial charge in [-0.3, -0.25) is 0 Å². The largest absolute Gasteiger partial charge is 0.494 e. The molecular formula is C12H18FNO2. The normalized spacial score (nSPS) is 11.6. The van der Waals surface area contributed by atoms with Gasteiger partial charge in [0.25, 0.3) is 0 Å². The van der Waals surface area contributed by atoms with Gasteiger partial charge in [-0.05, 0) is 31.5 Å². The third-order valence-corrected chi connectivity index (χ3v) is 2.34. The first-order valence-corrected chi connectivity index (χ1v) is 5.15. The standard InChI is InChI=1S/C12H18FNO2/c1-12(2,8-14)16-7-9-4-5-11(15-3)10(13)6-9/h4-6H,7-8,14H2,1-3H3. The minimum atomic E-state index is -0.392. The topological polar surface area (TPSA) is 44.5 Å². The zero-order valence-electron chi connectivity index (χ0n) is 9.92. The number of hydrogen-bond donors (Lipinski definition) is 1. The molecule has 0 aromatic heterocycles. The maximum atomic E-state index is 13.3. The lowest BCUT2D eigenvalue weighted by molar-refractivity contribution is -0.0223. The highest BCUT2D eigenvalue weighted by Gasteiger charge is 2.16. The molecule has 2 N–H and O–H groups in total. The second-order valence-corrected chi connectivity index (χ2v) is 4.22. The lowest BCUT2D eigenvalue weighted by Gasteiger charge is -2.23. The van der Waals surface area contributed by atoms with E-state index in [2.05, 4.69) is 0 Å². The van der Waals surface area contributed by atoms with Crippen molar-refractivity contribution < 1.29 is 13.9 Å². The molecule has 4 heteroatoms. The number of halogens is 1. The van der Waals surface area contributed by atoms with Crippen molar-refractivity contribution in [1.29, 1.82) is 0 Å². The van der Waals surface area contributed by atoms with Crippen LogP contribution in [0.2, 0.25) is 0 Å². The Hall–Kier alpha value is -1.13. The number of hydrogen-bond acceptors (Lipinski definition) is 3. The van der Waals surface area contributed by atoms with Crippen molar-refractivity contribution in [3.05, 3.63) is 29.6 Å². The molecule has 0 spiro atoms. The van der Waals surface area contributed by atoms with Crippen LogP contribution in [-0.4, -0.2) is 19.3 Å². The van der Waals surface area contributed by atoms with Crippen LogP contribution in [0.15, 0.2) is 18.2 Å². The summed E-state index contributed by atoms with van der Waals surface area (Å²) in [7, 11) is 1.44. The number of rotatable bonds is 5. The summed E-state index contributed by atoms with van der Waals surface area (Å²) in [6.07, 6.45) is 0. The summed E-state index contributed by atoms with van der Waals surface area (Å²) >= 11 is 0. The first-order chi connectivity index (χ1) is 7.48. The van der Waals surface area contributed by atoms with E-state index >= 15 is 0 Å². The van der Waals surface area contributed by atoms with Gasteiger partial charge in [0.05, 0.1) is 19.3 Å². The summed E-state index contributed by atoms with van der Waals surface area (Å²) in [4.78, 5) is 0. The van der Waals surface area contributed by atoms with Gasteiger partial charge in [-0.15, -0.1) is 0 Å². The van der Waals surface area contributed by atoms with E-state index in [0.717, 1.165) is 5.56 Å². The van der Waals surface area contributed by atoms with Crippen LogP contribution >= 0.6 is 0 Å². The molecule has 0 bridgehead atoms. The molecule has 0 unspecified atom stereocenters. The van der Waals surface area contributed by atoms with Gasteiger partial charge in [-0.1, -0.05) is 6.07 Å². The summed E-state index contributed by atoms with van der Waals surface area (Å²) in [6, 6.07) is 4.77. The van der Waals surface area contributed by atoms with Gasteiger partial charge < -0.3 is 15.2 Å². The molecule has 0 fully saturated rings. The zero-order chi connectivity index (χ0) is 12.2. The van der Waals surface area contributed by atoms with Crippen molar-refractivity contribution in [3.8, 4) is 5.75 Å². The van der Waals surface area contributed by atoms with Crippen LogP contribution in [0.3, 0.4) is 0 Å². The Balaban J connectivity index is 2.65. The molecule has 3 nitrogen and oxygen atoms in total. The summed E-state index contributed by atoms with van der Waals surface area (Å²) in [5, 5.41) is 0. The van der Waals surface area contributed by atoms with Crippen LogP contribution in [0.4, 0.5) is 4.39 Å². The zero-order valence-corrected chi connectivity index (χ0v) is 9.92. The minimum absolute atomic E-state index is 0.238. The number of methoxy groups -OCH3 is 1. The van der Waals surface area contributed by atoms with E-state index in [9.17, 15) is 4.39 Å². The lowest BCUT2D eigenvalue weighted by Crippen LogP contribution is -2.33. The van der Waals surface area contributed by atoms with Crippen LogP contribution < -0.4 is 10.5 Å². The molecule has 1 aromatic rings. The predicted octanol–water partition coefficient (Wildman–Crippen LogP) is 2.09. The van der Waals surface area contributed by atoms with E-state index in [0.29, 0.717) is 13.2 Å². The van der Waals surface area contributed by atoms with Crippen LogP contribution in [0.1, 0.15) is 19.4 Å². The lowest BCUT2D eigenvalue weighted by atomic mass is 10.1. The molecule has 0 aliphatic heterocycles. The minimum Gasteiger partial charge on any atom is -0.494 e. The molecule has 1 rings (SSSR count). The van der Waals surface area contributed by atoms with E-state index < -0.39 is 5.60 Å². The SMILES string of the molecule is COc1ccc(COC(C)(C)CN)cc1F. The first kappa shape index (κ1) is 12.9. The van der Waals surface area contributed by atoms with Crippen molar-refractivity contribution >= 4 is 0 Å². The number of benzene rings is 1. The van der Waals surface area contributed by atoms with E-state index in [1.54, 1.807) is 12.1 Å². The fourth-order valence-corrected chi connectivity index (χ4v) is 1.14. The Morgan fingerprint density at radius 1 is 1.38 bits per heavy atom. The molecule has 0 saturated carbocycles. The Morgan fingerprint density at radius 2 is 2.06 bits per heavy atom. The second kappa shape index (κ2) is 5.27. The van der Waals surface area contributed by atoms with Crippen molar-refractivity contribution in [2.24, 2.45) is 5.73 Å². The second-order valence-electron chi connectivity index (χ2n) is 4.22. The van der Waals surface area contributed by atoms with Gasteiger partial charge in [0.1, 0.15) is 0 Å². The van der Waals surface area contributed by atoms with Crippen molar-refractivity contribution in [1.82, 2.24) is 0 Å². The van der Waals surface area contributed by atoms with Crippen LogP contribution in [0, 0.1) is 5.82 Å². The molecule has 0 atom stereocenters. The molecule has 0 aliphatic carbocycles. The Bertz CT molecular complexity index is 353. The Kier molecular flexibility index (Phi) is 4.26. The monoisotopic (exact) mass is 227 g/mol. The quantitative estimate of drug-likeness (QED) is 0.837. The highest BCUT2D eigenvalue weighted by Crippen LogP contribution is 2.19. The number of nitrogens with two attached hydrogens (primary N) is 1. The summed E-state index contributed by atoms with van der Waals surface area (Å²) in [5.41, 5.74) is 5.90. The maximum absolute atomic E-state index is 13.3. The van der Waals surface area contributed by atoms with Crippen molar-refractivity contribution in [2.45, 2.75) is 26.1 Å². The van der Waals surface area contributed by atoms with Crippen molar-refractivity contribution in [3.63, 3.8) is 0 Å². The molecule has 0 aliphatic rings. The van der Waals surface area contributed by atoms with Gasteiger partial charge in [-0.25, -0.2) is 4.39 Å². The summed E-state index contributed by atoms with van der Waals surface area (Å²) in [5.74, 6) is -0.143. The Labute approximate surface area is 95.4 Å². The average Bonchev–Trinajstić information content (AvgIpc) is 2.27. The third kappa shape index (κ3) is 3.47. The highest BCUT2D eigenvalue weighted by atomic mass is 19.1. The van der Waals surface area contributed by atoms with Crippen LogP contribution in [-0.2, 0) is 11.3 Å². The van der Waals surface area contributed by atoms with Gasteiger partial charge in [-0.2, -0.15) is 0 Å². The molecule has 16 heavy (non-hydrogen) atoms. The molecule has 0 radical (unpaired) electrons. The molecule has 0 amide bonds. The van der Waals surface area contributed by atoms with Crippen LogP contribution in [0.25, 0.3) is 0 Å². The van der Waals surface area contributed by atoms with E-state index in [1.165, 1.54) is 13.2 Å². The highest BCUT2D eigenvalue weighted by molar-refractivity contribution is 5.28. The molecular weight excluding hydrogens is 209 g/mol. The molecule has 0 saturated heterocycles.